The molecule has 90 valence electrons. The van der Waals surface area contributed by atoms with E-state index in [0.29, 0.717) is 12.0 Å². The average Bonchev–Trinajstić information content (AvgIpc) is 2.76. The minimum atomic E-state index is -0.398. The lowest BCUT2D eigenvalue weighted by atomic mass is 10.0. The van der Waals surface area contributed by atoms with Crippen LogP contribution in [-0.4, -0.2) is 14.8 Å². The van der Waals surface area contributed by atoms with Crippen molar-refractivity contribution in [1.82, 2.24) is 14.8 Å². The molecule has 0 aliphatic rings. The van der Waals surface area contributed by atoms with E-state index in [1.165, 1.54) is 12.4 Å². The summed E-state index contributed by atoms with van der Waals surface area (Å²) in [6.07, 6.45) is 1.97. The molecule has 0 aliphatic carbocycles. The molecule has 0 fully saturated rings. The van der Waals surface area contributed by atoms with Crippen molar-refractivity contribution in [2.24, 2.45) is 5.73 Å². The molecule has 0 spiro atoms. The lowest BCUT2D eigenvalue weighted by Gasteiger charge is -2.12. The second-order valence-corrected chi connectivity index (χ2v) is 3.82. The maximum Gasteiger partial charge on any atom is 0.138 e. The molecular weight excluding hydrogens is 219 g/mol. The molecule has 0 saturated carbocycles. The van der Waals surface area contributed by atoms with Crippen LogP contribution in [0.4, 0.5) is 4.39 Å². The van der Waals surface area contributed by atoms with E-state index in [1.807, 2.05) is 6.92 Å². The van der Waals surface area contributed by atoms with E-state index in [1.54, 1.807) is 22.9 Å². The van der Waals surface area contributed by atoms with Crippen LogP contribution in [0.3, 0.4) is 0 Å². The summed E-state index contributed by atoms with van der Waals surface area (Å²) in [5.74, 6) is 0.505. The van der Waals surface area contributed by atoms with Crippen molar-refractivity contribution < 1.29 is 4.39 Å². The zero-order chi connectivity index (χ0) is 12.3. The highest BCUT2D eigenvalue weighted by molar-refractivity contribution is 5.21. The number of rotatable bonds is 4. The third-order valence-corrected chi connectivity index (χ3v) is 2.70. The number of halogens is 1. The summed E-state index contributed by atoms with van der Waals surface area (Å²) >= 11 is 0. The first-order chi connectivity index (χ1) is 8.22. The first-order valence-corrected chi connectivity index (χ1v) is 5.59. The molecule has 0 saturated heterocycles. The van der Waals surface area contributed by atoms with Gasteiger partial charge in [0.15, 0.2) is 0 Å². The zero-order valence-corrected chi connectivity index (χ0v) is 9.68. The Balaban J connectivity index is 2.17. The van der Waals surface area contributed by atoms with Gasteiger partial charge in [-0.1, -0.05) is 18.2 Å². The topological polar surface area (TPSA) is 56.7 Å². The highest BCUT2D eigenvalue weighted by Gasteiger charge is 2.14. The van der Waals surface area contributed by atoms with Gasteiger partial charge in [0.2, 0.25) is 0 Å². The van der Waals surface area contributed by atoms with Crippen molar-refractivity contribution in [2.45, 2.75) is 25.9 Å². The van der Waals surface area contributed by atoms with Crippen LogP contribution in [0.15, 0.2) is 30.6 Å². The third-order valence-electron chi connectivity index (χ3n) is 2.70. The fourth-order valence-electron chi connectivity index (χ4n) is 1.79. The molecule has 2 rings (SSSR count). The van der Waals surface area contributed by atoms with Crippen LogP contribution < -0.4 is 5.73 Å². The molecule has 5 heteroatoms. The SMILES string of the molecule is CCn1ncnc1CC(N)c1ccccc1F. The Kier molecular flexibility index (Phi) is 3.49. The van der Waals surface area contributed by atoms with Crippen molar-refractivity contribution in [3.63, 3.8) is 0 Å². The number of nitrogens with two attached hydrogens (primary N) is 1. The second-order valence-electron chi connectivity index (χ2n) is 3.82. The minimum Gasteiger partial charge on any atom is -0.323 e. The molecule has 4 nitrogen and oxygen atoms in total. The van der Waals surface area contributed by atoms with E-state index in [4.69, 9.17) is 5.73 Å². The molecule has 2 aromatic rings. The molecule has 0 bridgehead atoms. The predicted molar refractivity (Wildman–Crippen MR) is 62.7 cm³/mol. The van der Waals surface area contributed by atoms with E-state index in [2.05, 4.69) is 10.1 Å². The maximum absolute atomic E-state index is 13.5. The molecule has 1 aromatic carbocycles. The number of hydrogen-bond donors (Lipinski definition) is 1. The van der Waals surface area contributed by atoms with Crippen LogP contribution >= 0.6 is 0 Å². The van der Waals surface area contributed by atoms with Crippen molar-refractivity contribution in [1.29, 1.82) is 0 Å². The van der Waals surface area contributed by atoms with Gasteiger partial charge in [0, 0.05) is 24.6 Å². The predicted octanol–water partition coefficient (Wildman–Crippen LogP) is 1.68. The van der Waals surface area contributed by atoms with Crippen LogP contribution in [0.25, 0.3) is 0 Å². The van der Waals surface area contributed by atoms with Gasteiger partial charge in [0.1, 0.15) is 18.0 Å². The van der Waals surface area contributed by atoms with Gasteiger partial charge in [-0.3, -0.25) is 4.68 Å². The monoisotopic (exact) mass is 234 g/mol. The summed E-state index contributed by atoms with van der Waals surface area (Å²) in [4.78, 5) is 4.13. The molecule has 1 aromatic heterocycles. The van der Waals surface area contributed by atoms with Gasteiger partial charge in [0.25, 0.3) is 0 Å². The largest absolute Gasteiger partial charge is 0.323 e. The fraction of sp³-hybridized carbons (Fsp3) is 0.333. The number of hydrogen-bond acceptors (Lipinski definition) is 3. The van der Waals surface area contributed by atoms with Crippen LogP contribution in [-0.2, 0) is 13.0 Å². The van der Waals surface area contributed by atoms with Gasteiger partial charge in [0.05, 0.1) is 0 Å². The van der Waals surface area contributed by atoms with Gasteiger partial charge in [-0.2, -0.15) is 5.10 Å². The van der Waals surface area contributed by atoms with Gasteiger partial charge < -0.3 is 5.73 Å². The van der Waals surface area contributed by atoms with Gasteiger partial charge >= 0.3 is 0 Å². The zero-order valence-electron chi connectivity index (χ0n) is 9.68. The average molecular weight is 234 g/mol. The summed E-state index contributed by atoms with van der Waals surface area (Å²) in [6, 6.07) is 6.15. The van der Waals surface area contributed by atoms with Crippen LogP contribution in [0, 0.1) is 5.82 Å². The third kappa shape index (κ3) is 2.50. The quantitative estimate of drug-likeness (QED) is 0.875. The normalized spacial score (nSPS) is 12.6. The molecule has 0 amide bonds. The fourth-order valence-corrected chi connectivity index (χ4v) is 1.79. The molecular formula is C12H15FN4. The molecule has 1 atom stereocenters. The van der Waals surface area contributed by atoms with Crippen molar-refractivity contribution >= 4 is 0 Å². The van der Waals surface area contributed by atoms with Gasteiger partial charge in [-0.05, 0) is 13.0 Å². The van der Waals surface area contributed by atoms with Crippen molar-refractivity contribution in [2.75, 3.05) is 0 Å². The molecule has 0 aliphatic heterocycles. The highest BCUT2D eigenvalue weighted by atomic mass is 19.1. The molecule has 2 N–H and O–H groups in total. The van der Waals surface area contributed by atoms with Crippen molar-refractivity contribution in [3.05, 3.63) is 47.8 Å². The Hall–Kier alpha value is -1.75. The van der Waals surface area contributed by atoms with Crippen LogP contribution in [0.1, 0.15) is 24.4 Å². The lowest BCUT2D eigenvalue weighted by molar-refractivity contribution is 0.550. The molecule has 1 unspecified atom stereocenters. The Bertz CT molecular complexity index is 495. The second kappa shape index (κ2) is 5.05. The van der Waals surface area contributed by atoms with Crippen LogP contribution in [0.5, 0.6) is 0 Å². The first-order valence-electron chi connectivity index (χ1n) is 5.59. The summed E-state index contributed by atoms with van der Waals surface area (Å²) < 4.78 is 15.3. The maximum atomic E-state index is 13.5. The van der Waals surface area contributed by atoms with Gasteiger partial charge in [-0.25, -0.2) is 9.37 Å². The highest BCUT2D eigenvalue weighted by Crippen LogP contribution is 2.17. The van der Waals surface area contributed by atoms with E-state index in [9.17, 15) is 4.39 Å². The smallest absolute Gasteiger partial charge is 0.138 e. The standard InChI is InChI=1S/C12H15FN4/c1-2-17-12(15-8-16-17)7-11(14)9-5-3-4-6-10(9)13/h3-6,8,11H,2,7,14H2,1H3. The summed E-state index contributed by atoms with van der Waals surface area (Å²) in [7, 11) is 0. The Morgan fingerprint density at radius 1 is 1.41 bits per heavy atom. The number of aromatic nitrogens is 3. The Labute approximate surface area is 99.3 Å². The number of aryl methyl sites for hydroxylation is 1. The number of nitrogens with zero attached hydrogens (tertiary/aromatic N) is 3. The first kappa shape index (κ1) is 11.7. The Morgan fingerprint density at radius 3 is 2.88 bits per heavy atom. The Morgan fingerprint density at radius 2 is 2.18 bits per heavy atom. The minimum absolute atomic E-state index is 0.275. The summed E-state index contributed by atoms with van der Waals surface area (Å²) in [5, 5.41) is 4.06. The summed E-state index contributed by atoms with van der Waals surface area (Å²) in [6.45, 7) is 2.71. The van der Waals surface area contributed by atoms with E-state index in [0.717, 1.165) is 12.4 Å². The lowest BCUT2D eigenvalue weighted by Crippen LogP contribution is -2.18. The molecule has 0 radical (unpaired) electrons. The summed E-state index contributed by atoms with van der Waals surface area (Å²) in [5.41, 5.74) is 6.50. The van der Waals surface area contributed by atoms with E-state index >= 15 is 0 Å². The van der Waals surface area contributed by atoms with Crippen LogP contribution in [0.2, 0.25) is 0 Å². The number of benzene rings is 1. The van der Waals surface area contributed by atoms with Crippen molar-refractivity contribution in [3.8, 4) is 0 Å². The molecule has 17 heavy (non-hydrogen) atoms. The van der Waals surface area contributed by atoms with E-state index < -0.39 is 6.04 Å². The van der Waals surface area contributed by atoms with E-state index in [-0.39, 0.29) is 5.82 Å². The molecule has 1 heterocycles. The van der Waals surface area contributed by atoms with Gasteiger partial charge in [-0.15, -0.1) is 0 Å².